The zero-order valence-electron chi connectivity index (χ0n) is 18.8. The Morgan fingerprint density at radius 3 is 2.50 bits per heavy atom. The molecule has 0 unspecified atom stereocenters. The number of anilines is 2. The predicted octanol–water partition coefficient (Wildman–Crippen LogP) is 5.20. The molecule has 0 spiro atoms. The van der Waals surface area contributed by atoms with Gasteiger partial charge in [-0.15, -0.1) is 0 Å². The second-order valence-electron chi connectivity index (χ2n) is 9.18. The molecule has 0 aliphatic carbocycles. The molecule has 5 nitrogen and oxygen atoms in total. The first-order valence-corrected chi connectivity index (χ1v) is 11.3. The number of aryl methyl sites for hydroxylation is 1. The summed E-state index contributed by atoms with van der Waals surface area (Å²) in [5.74, 6) is -0.582. The van der Waals surface area contributed by atoms with E-state index in [0.717, 1.165) is 17.5 Å². The third-order valence-corrected chi connectivity index (χ3v) is 7.04. The van der Waals surface area contributed by atoms with E-state index in [9.17, 15) is 9.59 Å². The van der Waals surface area contributed by atoms with Crippen LogP contribution in [0.5, 0.6) is 0 Å². The highest BCUT2D eigenvalue weighted by Crippen LogP contribution is 2.43. The third-order valence-electron chi connectivity index (χ3n) is 6.51. The first kappa shape index (κ1) is 22.5. The lowest BCUT2D eigenvalue weighted by Gasteiger charge is -2.45. The lowest BCUT2D eigenvalue weighted by Crippen LogP contribution is -2.54. The van der Waals surface area contributed by atoms with Crippen molar-refractivity contribution in [1.82, 2.24) is 5.32 Å². The van der Waals surface area contributed by atoms with Crippen LogP contribution >= 0.6 is 23.8 Å². The van der Waals surface area contributed by atoms with Crippen molar-refractivity contribution in [2.24, 2.45) is 0 Å². The van der Waals surface area contributed by atoms with Crippen LogP contribution in [0.25, 0.3) is 6.08 Å². The van der Waals surface area contributed by atoms with E-state index in [-0.39, 0.29) is 16.2 Å². The van der Waals surface area contributed by atoms with Crippen molar-refractivity contribution in [3.8, 4) is 0 Å². The minimum atomic E-state index is -0.492. The highest BCUT2D eigenvalue weighted by molar-refractivity contribution is 7.80. The molecule has 1 saturated heterocycles. The fourth-order valence-corrected chi connectivity index (χ4v) is 4.93. The van der Waals surface area contributed by atoms with Crippen LogP contribution < -0.4 is 15.1 Å². The van der Waals surface area contributed by atoms with Crippen LogP contribution in [0.2, 0.25) is 5.02 Å². The number of thiocarbonyl (C=S) groups is 1. The SMILES string of the molecule is Cc1cc2c(cc1/C=C1\C(=O)NC(=S)N(c3ccc(Cl)cc3)C1=O)[C@@H](C)CC(C)(C)N2C. The summed E-state index contributed by atoms with van der Waals surface area (Å²) in [4.78, 5) is 29.6. The van der Waals surface area contributed by atoms with Crippen molar-refractivity contribution < 1.29 is 9.59 Å². The molecule has 7 heteroatoms. The first-order chi connectivity index (χ1) is 15.0. The van der Waals surface area contributed by atoms with Crippen LogP contribution in [0.15, 0.2) is 42.0 Å². The Hall–Kier alpha value is -2.70. The van der Waals surface area contributed by atoms with Gasteiger partial charge in [-0.05, 0) is 104 Å². The number of carbonyl (C=O) groups excluding carboxylic acids is 2. The van der Waals surface area contributed by atoms with Gasteiger partial charge in [0, 0.05) is 23.3 Å². The van der Waals surface area contributed by atoms with Crippen molar-refractivity contribution in [3.05, 3.63) is 63.7 Å². The molecule has 0 bridgehead atoms. The number of hydrogen-bond acceptors (Lipinski definition) is 4. The normalized spacial score (nSPS) is 21.6. The Kier molecular flexibility index (Phi) is 5.63. The van der Waals surface area contributed by atoms with Crippen LogP contribution in [-0.2, 0) is 9.59 Å². The standard InChI is InChI=1S/C25H26ClN3O2S/c1-14-10-21-19(15(2)13-25(3,4)28(21)5)11-16(14)12-20-22(30)27-24(32)29(23(20)31)18-8-6-17(26)7-9-18/h6-12,15H,13H2,1-5H3,(H,27,30,32)/b20-12+/t15-/m0/s1. The molecule has 166 valence electrons. The van der Waals surface area contributed by atoms with E-state index < -0.39 is 11.8 Å². The summed E-state index contributed by atoms with van der Waals surface area (Å²) in [5.41, 5.74) is 4.93. The van der Waals surface area contributed by atoms with E-state index in [0.29, 0.717) is 16.6 Å². The van der Waals surface area contributed by atoms with Gasteiger partial charge in [0.25, 0.3) is 11.8 Å². The quantitative estimate of drug-likeness (QED) is 0.374. The Labute approximate surface area is 199 Å². The Balaban J connectivity index is 1.77. The van der Waals surface area contributed by atoms with Crippen LogP contribution in [-0.4, -0.2) is 29.5 Å². The molecule has 2 aromatic rings. The monoisotopic (exact) mass is 467 g/mol. The molecule has 2 heterocycles. The number of rotatable bonds is 2. The molecule has 1 fully saturated rings. The molecule has 1 atom stereocenters. The van der Waals surface area contributed by atoms with Crippen molar-refractivity contribution in [2.75, 3.05) is 16.8 Å². The molecular weight excluding hydrogens is 442 g/mol. The van der Waals surface area contributed by atoms with E-state index >= 15 is 0 Å². The highest BCUT2D eigenvalue weighted by Gasteiger charge is 2.36. The Bertz CT molecular complexity index is 1170. The number of fused-ring (bicyclic) bond motifs is 1. The number of nitrogens with one attached hydrogen (secondary N) is 1. The number of hydrogen-bond donors (Lipinski definition) is 1. The summed E-state index contributed by atoms with van der Waals surface area (Å²) < 4.78 is 0. The van der Waals surface area contributed by atoms with Gasteiger partial charge in [0.2, 0.25) is 0 Å². The van der Waals surface area contributed by atoms with Gasteiger partial charge < -0.3 is 4.90 Å². The van der Waals surface area contributed by atoms with Crippen LogP contribution in [0.1, 0.15) is 49.8 Å². The van der Waals surface area contributed by atoms with Crippen LogP contribution in [0, 0.1) is 6.92 Å². The molecule has 2 aliphatic rings. The van der Waals surface area contributed by atoms with Gasteiger partial charge in [-0.1, -0.05) is 18.5 Å². The molecule has 0 saturated carbocycles. The van der Waals surface area contributed by atoms with Gasteiger partial charge in [-0.3, -0.25) is 19.8 Å². The maximum Gasteiger partial charge on any atom is 0.270 e. The van der Waals surface area contributed by atoms with E-state index in [1.54, 1.807) is 30.3 Å². The molecule has 4 rings (SSSR count). The topological polar surface area (TPSA) is 52.7 Å². The summed E-state index contributed by atoms with van der Waals surface area (Å²) in [6.07, 6.45) is 2.69. The van der Waals surface area contributed by atoms with Crippen LogP contribution in [0.3, 0.4) is 0 Å². The number of nitrogens with zero attached hydrogens (tertiary/aromatic N) is 2. The minimum Gasteiger partial charge on any atom is -0.369 e. The molecule has 1 N–H and O–H groups in total. The van der Waals surface area contributed by atoms with Crippen molar-refractivity contribution in [2.45, 2.75) is 45.6 Å². The molecule has 2 aliphatic heterocycles. The summed E-state index contributed by atoms with van der Waals surface area (Å²) in [5, 5.41) is 3.25. The Morgan fingerprint density at radius 2 is 1.84 bits per heavy atom. The summed E-state index contributed by atoms with van der Waals surface area (Å²) in [7, 11) is 2.12. The predicted molar refractivity (Wildman–Crippen MR) is 134 cm³/mol. The summed E-state index contributed by atoms with van der Waals surface area (Å²) in [6, 6.07) is 11.0. The molecule has 2 amide bonds. The largest absolute Gasteiger partial charge is 0.369 e. The Morgan fingerprint density at radius 1 is 1.19 bits per heavy atom. The number of benzene rings is 2. The average molecular weight is 468 g/mol. The second-order valence-corrected chi connectivity index (χ2v) is 10.0. The number of amides is 2. The van der Waals surface area contributed by atoms with E-state index in [1.807, 2.05) is 6.92 Å². The van der Waals surface area contributed by atoms with E-state index in [1.165, 1.54) is 16.2 Å². The minimum absolute atomic E-state index is 0.0498. The first-order valence-electron chi connectivity index (χ1n) is 10.5. The van der Waals surface area contributed by atoms with Gasteiger partial charge in [-0.2, -0.15) is 0 Å². The highest BCUT2D eigenvalue weighted by atomic mass is 35.5. The van der Waals surface area contributed by atoms with Crippen molar-refractivity contribution in [1.29, 1.82) is 0 Å². The maximum atomic E-state index is 13.3. The van der Waals surface area contributed by atoms with Gasteiger partial charge in [0.15, 0.2) is 5.11 Å². The molecule has 2 aromatic carbocycles. The third kappa shape index (κ3) is 3.82. The van der Waals surface area contributed by atoms with Crippen molar-refractivity contribution in [3.63, 3.8) is 0 Å². The molecule has 0 radical (unpaired) electrons. The van der Waals surface area contributed by atoms with Gasteiger partial charge >= 0.3 is 0 Å². The summed E-state index contributed by atoms with van der Waals surface area (Å²) >= 11 is 11.3. The van der Waals surface area contributed by atoms with E-state index in [2.05, 4.69) is 50.2 Å². The van der Waals surface area contributed by atoms with Gasteiger partial charge in [-0.25, -0.2) is 0 Å². The molecule has 32 heavy (non-hydrogen) atoms. The molecular formula is C25H26ClN3O2S. The zero-order chi connectivity index (χ0) is 23.4. The summed E-state index contributed by atoms with van der Waals surface area (Å²) in [6.45, 7) is 8.71. The smallest absolute Gasteiger partial charge is 0.270 e. The second kappa shape index (κ2) is 8.01. The zero-order valence-corrected chi connectivity index (χ0v) is 20.4. The lowest BCUT2D eigenvalue weighted by atomic mass is 9.79. The fourth-order valence-electron chi connectivity index (χ4n) is 4.53. The van der Waals surface area contributed by atoms with Crippen molar-refractivity contribution >= 4 is 58.2 Å². The van der Waals surface area contributed by atoms with E-state index in [4.69, 9.17) is 23.8 Å². The average Bonchev–Trinajstić information content (AvgIpc) is 2.71. The van der Waals surface area contributed by atoms with Crippen LogP contribution in [0.4, 0.5) is 11.4 Å². The van der Waals surface area contributed by atoms with Gasteiger partial charge in [0.05, 0.1) is 5.69 Å². The number of carbonyl (C=O) groups is 2. The maximum absolute atomic E-state index is 13.3. The molecule has 0 aromatic heterocycles. The fraction of sp³-hybridized carbons (Fsp3) is 0.320. The lowest BCUT2D eigenvalue weighted by molar-refractivity contribution is -0.122. The number of halogens is 1. The van der Waals surface area contributed by atoms with Gasteiger partial charge in [0.1, 0.15) is 5.57 Å².